The van der Waals surface area contributed by atoms with E-state index in [9.17, 15) is 9.59 Å². The van der Waals surface area contributed by atoms with Gasteiger partial charge >= 0.3 is 6.09 Å². The van der Waals surface area contributed by atoms with E-state index < -0.39 is 0 Å². The Morgan fingerprint density at radius 3 is 2.93 bits per heavy atom. The molecule has 1 aliphatic rings. The Morgan fingerprint density at radius 1 is 1.26 bits per heavy atom. The minimum atomic E-state index is -0.318. The van der Waals surface area contributed by atoms with E-state index in [1.165, 1.54) is 0 Å². The van der Waals surface area contributed by atoms with Gasteiger partial charge in [0.15, 0.2) is 5.65 Å². The fraction of sp³-hybridized carbons (Fsp3) is 0.263. The van der Waals surface area contributed by atoms with Crippen molar-refractivity contribution < 1.29 is 14.3 Å². The zero-order chi connectivity index (χ0) is 18.6. The van der Waals surface area contributed by atoms with Crippen molar-refractivity contribution in [3.63, 3.8) is 0 Å². The van der Waals surface area contributed by atoms with Crippen LogP contribution in [0.4, 0.5) is 4.79 Å². The number of benzene rings is 1. The number of rotatable bonds is 5. The second-order valence-electron chi connectivity index (χ2n) is 6.23. The number of fused-ring (bicyclic) bond motifs is 1. The molecule has 2 amide bonds. The highest BCUT2D eigenvalue weighted by Gasteiger charge is 2.19. The first-order valence-corrected chi connectivity index (χ1v) is 8.81. The molecule has 3 aromatic rings. The quantitative estimate of drug-likeness (QED) is 0.747. The molecule has 0 aliphatic carbocycles. The van der Waals surface area contributed by atoms with Crippen molar-refractivity contribution in [2.75, 3.05) is 26.2 Å². The Balaban J connectivity index is 1.38. The largest absolute Gasteiger partial charge is 0.449 e. The molecule has 1 aliphatic heterocycles. The highest BCUT2D eigenvalue weighted by molar-refractivity contribution is 5.95. The first-order valence-electron chi connectivity index (χ1n) is 8.81. The SMILES string of the molecule is O=C(NCCN1CCCOC1=O)c1ccc(-c2cnn3cccnc23)cc1. The van der Waals surface area contributed by atoms with Crippen LogP contribution in [0.3, 0.4) is 0 Å². The Bertz CT molecular complexity index is 967. The lowest BCUT2D eigenvalue weighted by molar-refractivity contribution is 0.0719. The number of cyclic esters (lactones) is 1. The van der Waals surface area contributed by atoms with E-state index in [2.05, 4.69) is 15.4 Å². The van der Waals surface area contributed by atoms with Crippen molar-refractivity contribution in [1.82, 2.24) is 24.8 Å². The summed E-state index contributed by atoms with van der Waals surface area (Å²) in [5.74, 6) is -0.176. The summed E-state index contributed by atoms with van der Waals surface area (Å²) in [6.07, 6.45) is 5.82. The van der Waals surface area contributed by atoms with Crippen LogP contribution in [-0.4, -0.2) is 57.7 Å². The topological polar surface area (TPSA) is 88.8 Å². The van der Waals surface area contributed by atoms with Crippen LogP contribution < -0.4 is 5.32 Å². The van der Waals surface area contributed by atoms with Crippen molar-refractivity contribution in [2.24, 2.45) is 0 Å². The summed E-state index contributed by atoms with van der Waals surface area (Å²) in [7, 11) is 0. The lowest BCUT2D eigenvalue weighted by Gasteiger charge is -2.26. The molecule has 138 valence electrons. The molecular weight excluding hydrogens is 346 g/mol. The van der Waals surface area contributed by atoms with Gasteiger partial charge in [0.1, 0.15) is 0 Å². The van der Waals surface area contributed by atoms with E-state index in [4.69, 9.17) is 4.74 Å². The number of nitrogens with zero attached hydrogens (tertiary/aromatic N) is 4. The minimum absolute atomic E-state index is 0.176. The van der Waals surface area contributed by atoms with Crippen LogP contribution in [-0.2, 0) is 4.74 Å². The van der Waals surface area contributed by atoms with Crippen LogP contribution in [0, 0.1) is 0 Å². The summed E-state index contributed by atoms with van der Waals surface area (Å²) in [4.78, 5) is 29.8. The monoisotopic (exact) mass is 365 g/mol. The lowest BCUT2D eigenvalue weighted by atomic mass is 10.1. The van der Waals surface area contributed by atoms with Gasteiger partial charge in [-0.2, -0.15) is 5.10 Å². The third kappa shape index (κ3) is 3.59. The second kappa shape index (κ2) is 7.45. The van der Waals surface area contributed by atoms with Crippen LogP contribution in [0.2, 0.25) is 0 Å². The maximum absolute atomic E-state index is 12.3. The number of hydrogen-bond donors (Lipinski definition) is 1. The zero-order valence-corrected chi connectivity index (χ0v) is 14.7. The van der Waals surface area contributed by atoms with Crippen molar-refractivity contribution in [1.29, 1.82) is 0 Å². The van der Waals surface area contributed by atoms with E-state index in [0.29, 0.717) is 31.8 Å². The minimum Gasteiger partial charge on any atom is -0.449 e. The predicted octanol–water partition coefficient (Wildman–Crippen LogP) is 1.97. The van der Waals surface area contributed by atoms with Gasteiger partial charge < -0.3 is 15.0 Å². The molecule has 27 heavy (non-hydrogen) atoms. The average Bonchev–Trinajstić information content (AvgIpc) is 3.14. The summed E-state index contributed by atoms with van der Waals surface area (Å²) in [5.41, 5.74) is 3.18. The molecule has 0 atom stereocenters. The summed E-state index contributed by atoms with van der Waals surface area (Å²) in [6, 6.07) is 9.12. The Kier molecular flexibility index (Phi) is 4.69. The number of carbonyl (C=O) groups is 2. The van der Waals surface area contributed by atoms with Gasteiger partial charge in [-0.1, -0.05) is 12.1 Å². The van der Waals surface area contributed by atoms with E-state index in [1.807, 2.05) is 24.4 Å². The zero-order valence-electron chi connectivity index (χ0n) is 14.7. The summed E-state index contributed by atoms with van der Waals surface area (Å²) in [6.45, 7) is 1.96. The highest BCUT2D eigenvalue weighted by Crippen LogP contribution is 2.23. The van der Waals surface area contributed by atoms with Crippen LogP contribution in [0.5, 0.6) is 0 Å². The van der Waals surface area contributed by atoms with Gasteiger partial charge in [-0.25, -0.2) is 14.3 Å². The van der Waals surface area contributed by atoms with Crippen molar-refractivity contribution in [2.45, 2.75) is 6.42 Å². The molecule has 1 fully saturated rings. The van der Waals surface area contributed by atoms with Gasteiger partial charge in [0.2, 0.25) is 0 Å². The van der Waals surface area contributed by atoms with Crippen molar-refractivity contribution in [3.05, 3.63) is 54.5 Å². The molecule has 0 bridgehead atoms. The van der Waals surface area contributed by atoms with E-state index >= 15 is 0 Å². The first-order chi connectivity index (χ1) is 13.2. The van der Waals surface area contributed by atoms with Crippen LogP contribution in [0.25, 0.3) is 16.8 Å². The van der Waals surface area contributed by atoms with Gasteiger partial charge in [0, 0.05) is 43.2 Å². The van der Waals surface area contributed by atoms with Crippen molar-refractivity contribution >= 4 is 17.6 Å². The summed E-state index contributed by atoms with van der Waals surface area (Å²) < 4.78 is 6.68. The number of nitrogens with one attached hydrogen (secondary N) is 1. The lowest BCUT2D eigenvalue weighted by Crippen LogP contribution is -2.42. The normalized spacial score (nSPS) is 14.2. The average molecular weight is 365 g/mol. The number of amides is 2. The fourth-order valence-corrected chi connectivity index (χ4v) is 3.04. The molecular formula is C19H19N5O3. The smallest absolute Gasteiger partial charge is 0.409 e. The number of carbonyl (C=O) groups excluding carboxylic acids is 2. The fourth-order valence-electron chi connectivity index (χ4n) is 3.04. The summed E-state index contributed by atoms with van der Waals surface area (Å²) in [5, 5.41) is 7.11. The Morgan fingerprint density at radius 2 is 2.11 bits per heavy atom. The van der Waals surface area contributed by atoms with Crippen LogP contribution >= 0.6 is 0 Å². The number of hydrogen-bond acceptors (Lipinski definition) is 5. The molecule has 2 aromatic heterocycles. The van der Waals surface area contributed by atoms with Gasteiger partial charge in [0.05, 0.1) is 12.8 Å². The summed E-state index contributed by atoms with van der Waals surface area (Å²) >= 11 is 0. The van der Waals surface area contributed by atoms with Gasteiger partial charge in [-0.3, -0.25) is 4.79 Å². The standard InChI is InChI=1S/C19H19N5O3/c25-18(21-8-11-23-9-2-12-27-19(23)26)15-5-3-14(4-6-15)16-13-22-24-10-1-7-20-17(16)24/h1,3-7,10,13H,2,8-9,11-12H2,(H,21,25). The molecule has 3 heterocycles. The number of aromatic nitrogens is 3. The first kappa shape index (κ1) is 17.0. The Labute approximate surface area is 155 Å². The molecule has 4 rings (SSSR count). The van der Waals surface area contributed by atoms with Crippen LogP contribution in [0.15, 0.2) is 48.9 Å². The van der Waals surface area contributed by atoms with E-state index in [0.717, 1.165) is 23.2 Å². The van der Waals surface area contributed by atoms with E-state index in [1.54, 1.807) is 33.9 Å². The molecule has 0 radical (unpaired) electrons. The Hall–Kier alpha value is -3.42. The van der Waals surface area contributed by atoms with Gasteiger partial charge in [0.25, 0.3) is 5.91 Å². The molecule has 8 heteroatoms. The molecule has 8 nitrogen and oxygen atoms in total. The molecule has 1 aromatic carbocycles. The third-order valence-electron chi connectivity index (χ3n) is 4.46. The molecule has 0 unspecified atom stereocenters. The highest BCUT2D eigenvalue weighted by atomic mass is 16.6. The molecule has 0 saturated carbocycles. The second-order valence-corrected chi connectivity index (χ2v) is 6.23. The maximum Gasteiger partial charge on any atom is 0.409 e. The molecule has 1 N–H and O–H groups in total. The van der Waals surface area contributed by atoms with Crippen molar-refractivity contribution in [3.8, 4) is 11.1 Å². The number of ether oxygens (including phenoxy) is 1. The maximum atomic E-state index is 12.3. The van der Waals surface area contributed by atoms with E-state index in [-0.39, 0.29) is 12.0 Å². The third-order valence-corrected chi connectivity index (χ3v) is 4.46. The van der Waals surface area contributed by atoms with Gasteiger partial charge in [-0.05, 0) is 30.2 Å². The predicted molar refractivity (Wildman–Crippen MR) is 98.3 cm³/mol. The molecule has 1 saturated heterocycles. The van der Waals surface area contributed by atoms with Gasteiger partial charge in [-0.15, -0.1) is 0 Å². The molecule has 0 spiro atoms. The van der Waals surface area contributed by atoms with Crippen LogP contribution in [0.1, 0.15) is 16.8 Å².